The topological polar surface area (TPSA) is 55.1 Å². The number of hydrogen-bond acceptors (Lipinski definition) is 3. The van der Waals surface area contributed by atoms with Crippen LogP contribution in [0.1, 0.15) is 17.9 Å². The molecule has 0 radical (unpaired) electrons. The van der Waals surface area contributed by atoms with Crippen molar-refractivity contribution in [2.24, 2.45) is 0 Å². The van der Waals surface area contributed by atoms with Gasteiger partial charge in [0, 0.05) is 6.07 Å². The number of carbonyl (C=O) groups excluding carboxylic acids is 1. The van der Waals surface area contributed by atoms with Crippen LogP contribution in [0.25, 0.3) is 0 Å². The van der Waals surface area contributed by atoms with E-state index < -0.39 is 18.1 Å². The van der Waals surface area contributed by atoms with Crippen molar-refractivity contribution < 1.29 is 18.1 Å². The first-order valence-corrected chi connectivity index (χ1v) is 4.23. The minimum absolute atomic E-state index is 0.0295. The van der Waals surface area contributed by atoms with Crippen LogP contribution < -0.4 is 5.32 Å². The lowest BCUT2D eigenvalue weighted by atomic mass is 10.3. The summed E-state index contributed by atoms with van der Waals surface area (Å²) in [5.74, 6) is -1.09. The zero-order valence-electron chi connectivity index (χ0n) is 6.97. The standard InChI is InChI=1S/C7H7ClF2N2O2/c8-2-6(13)11-3-4-1-5(7(9)10)14-12-4/h1,7H,2-3H2,(H,11,13). The molecule has 4 nitrogen and oxygen atoms in total. The van der Waals surface area contributed by atoms with E-state index in [1.807, 2.05) is 0 Å². The molecule has 0 aliphatic carbocycles. The fourth-order valence-electron chi connectivity index (χ4n) is 0.751. The number of nitrogens with one attached hydrogen (secondary N) is 1. The Morgan fingerprint density at radius 1 is 1.71 bits per heavy atom. The Morgan fingerprint density at radius 2 is 2.43 bits per heavy atom. The molecule has 1 aromatic rings. The molecule has 0 aliphatic heterocycles. The number of alkyl halides is 3. The summed E-state index contributed by atoms with van der Waals surface area (Å²) in [7, 11) is 0. The van der Waals surface area contributed by atoms with Gasteiger partial charge in [-0.1, -0.05) is 5.16 Å². The molecule has 1 aromatic heterocycles. The van der Waals surface area contributed by atoms with Crippen molar-refractivity contribution in [3.63, 3.8) is 0 Å². The normalized spacial score (nSPS) is 10.6. The van der Waals surface area contributed by atoms with Gasteiger partial charge < -0.3 is 9.84 Å². The summed E-state index contributed by atoms with van der Waals surface area (Å²) < 4.78 is 28.3. The Kier molecular flexibility index (Phi) is 3.82. The smallest absolute Gasteiger partial charge is 0.298 e. The molecule has 0 fully saturated rings. The number of nitrogens with zero attached hydrogens (tertiary/aromatic N) is 1. The predicted molar refractivity (Wildman–Crippen MR) is 44.0 cm³/mol. The van der Waals surface area contributed by atoms with Crippen LogP contribution in [0.15, 0.2) is 10.6 Å². The van der Waals surface area contributed by atoms with Crippen LogP contribution in [0.3, 0.4) is 0 Å². The van der Waals surface area contributed by atoms with Gasteiger partial charge in [0.2, 0.25) is 11.7 Å². The maximum absolute atomic E-state index is 12.0. The van der Waals surface area contributed by atoms with Gasteiger partial charge in [-0.05, 0) is 0 Å². The molecule has 0 saturated carbocycles. The Labute approximate surface area is 83.2 Å². The summed E-state index contributed by atoms with van der Waals surface area (Å²) in [4.78, 5) is 10.7. The molecular weight excluding hydrogens is 218 g/mol. The number of amides is 1. The van der Waals surface area contributed by atoms with Crippen LogP contribution in [-0.4, -0.2) is 16.9 Å². The van der Waals surface area contributed by atoms with E-state index in [0.29, 0.717) is 0 Å². The first-order valence-electron chi connectivity index (χ1n) is 3.69. The summed E-state index contributed by atoms with van der Waals surface area (Å²) in [6.45, 7) is 0.0295. The molecule has 0 bridgehead atoms. The highest BCUT2D eigenvalue weighted by Gasteiger charge is 2.14. The van der Waals surface area contributed by atoms with E-state index in [-0.39, 0.29) is 18.1 Å². The van der Waals surface area contributed by atoms with E-state index in [1.54, 1.807) is 0 Å². The summed E-state index contributed by atoms with van der Waals surface area (Å²) in [5, 5.41) is 5.69. The highest BCUT2D eigenvalue weighted by Crippen LogP contribution is 2.18. The van der Waals surface area contributed by atoms with Gasteiger partial charge in [-0.3, -0.25) is 4.79 Å². The molecule has 0 aromatic carbocycles. The second kappa shape index (κ2) is 4.90. The first-order chi connectivity index (χ1) is 6.63. The van der Waals surface area contributed by atoms with Crippen LogP contribution in [-0.2, 0) is 11.3 Å². The molecular formula is C7H7ClF2N2O2. The predicted octanol–water partition coefficient (Wildman–Crippen LogP) is 1.47. The van der Waals surface area contributed by atoms with Crippen LogP contribution in [0.5, 0.6) is 0 Å². The lowest BCUT2D eigenvalue weighted by Crippen LogP contribution is -2.23. The lowest BCUT2D eigenvalue weighted by Gasteiger charge is -1.96. The molecule has 0 saturated heterocycles. The van der Waals surface area contributed by atoms with E-state index in [1.165, 1.54) is 0 Å². The molecule has 0 atom stereocenters. The largest absolute Gasteiger partial charge is 0.355 e. The second-order valence-corrected chi connectivity index (χ2v) is 2.70. The summed E-state index contributed by atoms with van der Waals surface area (Å²) in [5.41, 5.74) is 0.235. The fourth-order valence-corrected chi connectivity index (χ4v) is 0.845. The molecule has 7 heteroatoms. The summed E-state index contributed by atoms with van der Waals surface area (Å²) in [6.07, 6.45) is -2.69. The van der Waals surface area contributed by atoms with Crippen LogP contribution >= 0.6 is 11.6 Å². The van der Waals surface area contributed by atoms with Crippen molar-refractivity contribution in [3.8, 4) is 0 Å². The summed E-state index contributed by atoms with van der Waals surface area (Å²) >= 11 is 5.20. The SMILES string of the molecule is O=C(CCl)NCc1cc(C(F)F)on1. The Balaban J connectivity index is 2.48. The van der Waals surface area contributed by atoms with Gasteiger partial charge >= 0.3 is 0 Å². The monoisotopic (exact) mass is 224 g/mol. The Hall–Kier alpha value is -1.17. The van der Waals surface area contributed by atoms with E-state index >= 15 is 0 Å². The highest BCUT2D eigenvalue weighted by molar-refractivity contribution is 6.27. The fraction of sp³-hybridized carbons (Fsp3) is 0.429. The second-order valence-electron chi connectivity index (χ2n) is 2.43. The maximum atomic E-state index is 12.0. The number of aromatic nitrogens is 1. The third kappa shape index (κ3) is 2.95. The molecule has 0 unspecified atom stereocenters. The lowest BCUT2D eigenvalue weighted by molar-refractivity contribution is -0.118. The van der Waals surface area contributed by atoms with E-state index in [4.69, 9.17) is 11.6 Å². The third-order valence-corrected chi connectivity index (χ3v) is 1.62. The first kappa shape index (κ1) is 10.9. The zero-order chi connectivity index (χ0) is 10.6. The average Bonchev–Trinajstić information content (AvgIpc) is 2.62. The van der Waals surface area contributed by atoms with Crippen LogP contribution in [0.4, 0.5) is 8.78 Å². The van der Waals surface area contributed by atoms with Gasteiger partial charge in [0.15, 0.2) is 0 Å². The van der Waals surface area contributed by atoms with Crippen LogP contribution in [0.2, 0.25) is 0 Å². The minimum Gasteiger partial charge on any atom is -0.355 e. The van der Waals surface area contributed by atoms with Crippen molar-refractivity contribution >= 4 is 17.5 Å². The molecule has 14 heavy (non-hydrogen) atoms. The molecule has 1 heterocycles. The number of hydrogen-bond donors (Lipinski definition) is 1. The van der Waals surface area contributed by atoms with Crippen LogP contribution in [0, 0.1) is 0 Å². The van der Waals surface area contributed by atoms with Crippen molar-refractivity contribution in [1.29, 1.82) is 0 Å². The molecule has 0 aliphatic rings. The van der Waals surface area contributed by atoms with E-state index in [9.17, 15) is 13.6 Å². The van der Waals surface area contributed by atoms with Crippen molar-refractivity contribution in [2.75, 3.05) is 5.88 Å². The number of carbonyl (C=O) groups is 1. The quantitative estimate of drug-likeness (QED) is 0.788. The minimum atomic E-state index is -2.69. The average molecular weight is 225 g/mol. The van der Waals surface area contributed by atoms with E-state index in [0.717, 1.165) is 6.07 Å². The van der Waals surface area contributed by atoms with E-state index in [2.05, 4.69) is 15.0 Å². The van der Waals surface area contributed by atoms with Gasteiger partial charge in [-0.2, -0.15) is 0 Å². The van der Waals surface area contributed by atoms with Gasteiger partial charge in [0.25, 0.3) is 6.43 Å². The number of halogens is 3. The van der Waals surface area contributed by atoms with Crippen molar-refractivity contribution in [3.05, 3.63) is 17.5 Å². The Bertz CT molecular complexity index is 316. The molecule has 0 spiro atoms. The van der Waals surface area contributed by atoms with Gasteiger partial charge in [-0.25, -0.2) is 8.78 Å². The molecule has 1 amide bonds. The molecule has 1 N–H and O–H groups in total. The van der Waals surface area contributed by atoms with Gasteiger partial charge in [-0.15, -0.1) is 11.6 Å². The number of rotatable bonds is 4. The third-order valence-electron chi connectivity index (χ3n) is 1.38. The highest BCUT2D eigenvalue weighted by atomic mass is 35.5. The molecule has 78 valence electrons. The molecule has 1 rings (SSSR count). The van der Waals surface area contributed by atoms with Gasteiger partial charge in [0.05, 0.1) is 6.54 Å². The zero-order valence-corrected chi connectivity index (χ0v) is 7.72. The van der Waals surface area contributed by atoms with Crippen molar-refractivity contribution in [1.82, 2.24) is 10.5 Å². The maximum Gasteiger partial charge on any atom is 0.298 e. The van der Waals surface area contributed by atoms with Crippen molar-refractivity contribution in [2.45, 2.75) is 13.0 Å². The van der Waals surface area contributed by atoms with Gasteiger partial charge in [0.1, 0.15) is 11.6 Å². The Morgan fingerprint density at radius 3 is 2.93 bits per heavy atom. The summed E-state index contributed by atoms with van der Waals surface area (Å²) in [6, 6.07) is 1.08.